The van der Waals surface area contributed by atoms with E-state index >= 15 is 0 Å². The Bertz CT molecular complexity index is 759. The highest BCUT2D eigenvalue weighted by Gasteiger charge is 2.32. The molecule has 2 aromatic heterocycles. The predicted molar refractivity (Wildman–Crippen MR) is 90.3 cm³/mol. The lowest BCUT2D eigenvalue weighted by Gasteiger charge is -2.27. The highest BCUT2D eigenvalue weighted by atomic mass is 32.1. The third-order valence-electron chi connectivity index (χ3n) is 3.98. The normalized spacial score (nSPS) is 18.5. The van der Waals surface area contributed by atoms with Crippen molar-refractivity contribution in [1.29, 1.82) is 0 Å². The first-order valence-corrected chi connectivity index (χ1v) is 8.74. The minimum Gasteiger partial charge on any atom is -0.480 e. The summed E-state index contributed by atoms with van der Waals surface area (Å²) in [4.78, 5) is 37.1. The Kier molecular flexibility index (Phi) is 5.34. The predicted octanol–water partition coefficient (Wildman–Crippen LogP) is 1.52. The summed E-state index contributed by atoms with van der Waals surface area (Å²) in [6.45, 7) is 2.67. The maximum atomic E-state index is 12.6. The van der Waals surface area contributed by atoms with Crippen LogP contribution in [0.5, 0.6) is 0 Å². The molecule has 0 saturated carbocycles. The van der Waals surface area contributed by atoms with Gasteiger partial charge in [-0.25, -0.2) is 19.7 Å². The molecule has 9 heteroatoms. The zero-order chi connectivity index (χ0) is 17.8. The van der Waals surface area contributed by atoms with Gasteiger partial charge >= 0.3 is 5.97 Å². The van der Waals surface area contributed by atoms with E-state index in [1.165, 1.54) is 0 Å². The lowest BCUT2D eigenvalue weighted by molar-refractivity contribution is -0.142. The number of thiazole rings is 1. The van der Waals surface area contributed by atoms with E-state index in [9.17, 15) is 14.7 Å². The van der Waals surface area contributed by atoms with Crippen molar-refractivity contribution in [3.63, 3.8) is 0 Å². The van der Waals surface area contributed by atoms with Crippen molar-refractivity contribution < 1.29 is 19.4 Å². The average Bonchev–Trinajstić information content (AvgIpc) is 3.02. The van der Waals surface area contributed by atoms with Crippen molar-refractivity contribution >= 4 is 23.2 Å². The average molecular weight is 362 g/mol. The van der Waals surface area contributed by atoms with E-state index in [1.807, 2.05) is 0 Å². The van der Waals surface area contributed by atoms with Crippen LogP contribution in [-0.2, 0) is 9.53 Å². The number of nitrogens with zero attached hydrogens (tertiary/aromatic N) is 3. The molecule has 0 spiro atoms. The Hall–Kier alpha value is -2.39. The van der Waals surface area contributed by atoms with Crippen LogP contribution in [-0.4, -0.2) is 51.2 Å². The van der Waals surface area contributed by atoms with Gasteiger partial charge < -0.3 is 15.2 Å². The number of hydrogen-bond acceptors (Lipinski definition) is 7. The van der Waals surface area contributed by atoms with Gasteiger partial charge in [-0.15, -0.1) is 11.3 Å². The number of carbonyl (C=O) groups excluding carboxylic acids is 1. The van der Waals surface area contributed by atoms with Crippen molar-refractivity contribution in [2.45, 2.75) is 25.8 Å². The number of rotatable bonds is 5. The quantitative estimate of drug-likeness (QED) is 0.828. The van der Waals surface area contributed by atoms with Crippen molar-refractivity contribution in [1.82, 2.24) is 20.3 Å². The van der Waals surface area contributed by atoms with Gasteiger partial charge in [-0.2, -0.15) is 0 Å². The molecule has 2 atom stereocenters. The van der Waals surface area contributed by atoms with Crippen LogP contribution in [0.4, 0.5) is 0 Å². The van der Waals surface area contributed by atoms with E-state index in [-0.39, 0.29) is 5.92 Å². The third-order valence-corrected chi connectivity index (χ3v) is 5.13. The number of aliphatic carboxylic acids is 1. The zero-order valence-corrected chi connectivity index (χ0v) is 14.5. The zero-order valence-electron chi connectivity index (χ0n) is 13.6. The minimum atomic E-state index is -1.06. The SMILES string of the molecule is Cc1nc(-c2ncccn2)sc1C(=O)NC(C(=O)O)C1CCCOC1. The van der Waals surface area contributed by atoms with Gasteiger partial charge in [0.15, 0.2) is 10.8 Å². The molecule has 0 aromatic carbocycles. The van der Waals surface area contributed by atoms with Crippen molar-refractivity contribution in [3.05, 3.63) is 29.0 Å². The molecule has 2 unspecified atom stereocenters. The smallest absolute Gasteiger partial charge is 0.326 e. The van der Waals surface area contributed by atoms with Crippen LogP contribution in [0.25, 0.3) is 10.8 Å². The second kappa shape index (κ2) is 7.66. The second-order valence-corrected chi connectivity index (χ2v) is 6.77. The number of hydrogen-bond donors (Lipinski definition) is 2. The Labute approximate surface area is 148 Å². The summed E-state index contributed by atoms with van der Waals surface area (Å²) in [5.74, 6) is -1.31. The highest BCUT2D eigenvalue weighted by Crippen LogP contribution is 2.26. The summed E-state index contributed by atoms with van der Waals surface area (Å²) < 4.78 is 5.35. The topological polar surface area (TPSA) is 114 Å². The number of aromatic nitrogens is 3. The van der Waals surface area contributed by atoms with Crippen molar-refractivity contribution in [2.24, 2.45) is 5.92 Å². The Balaban J connectivity index is 1.78. The number of amides is 1. The van der Waals surface area contributed by atoms with Crippen molar-refractivity contribution in [3.8, 4) is 10.8 Å². The summed E-state index contributed by atoms with van der Waals surface area (Å²) in [7, 11) is 0. The van der Waals surface area contributed by atoms with Gasteiger partial charge in [0.1, 0.15) is 10.9 Å². The second-order valence-electron chi connectivity index (χ2n) is 5.77. The molecule has 2 N–H and O–H groups in total. The standard InChI is InChI=1S/C16H18N4O4S/c1-9-12(25-15(19-9)13-17-5-3-6-18-13)14(21)20-11(16(22)23)10-4-2-7-24-8-10/h3,5-6,10-11H,2,4,7-8H2,1H3,(H,20,21)(H,22,23). The van der Waals surface area contributed by atoms with E-state index < -0.39 is 17.9 Å². The molecule has 1 aliphatic heterocycles. The van der Waals surface area contributed by atoms with Crippen LogP contribution in [0.1, 0.15) is 28.2 Å². The van der Waals surface area contributed by atoms with Gasteiger partial charge in [0.25, 0.3) is 5.91 Å². The number of carboxylic acid groups (broad SMARTS) is 1. The van der Waals surface area contributed by atoms with E-state index in [0.717, 1.165) is 17.8 Å². The Morgan fingerprint density at radius 2 is 2.16 bits per heavy atom. The summed E-state index contributed by atoms with van der Waals surface area (Å²) in [6.07, 6.45) is 4.70. The van der Waals surface area contributed by atoms with Gasteiger partial charge in [0, 0.05) is 24.9 Å². The molecule has 132 valence electrons. The molecule has 0 aliphatic carbocycles. The van der Waals surface area contributed by atoms with Crippen LogP contribution >= 0.6 is 11.3 Å². The fourth-order valence-electron chi connectivity index (χ4n) is 2.73. The molecule has 1 aliphatic rings. The van der Waals surface area contributed by atoms with Crippen molar-refractivity contribution in [2.75, 3.05) is 13.2 Å². The Morgan fingerprint density at radius 3 is 2.80 bits per heavy atom. The van der Waals surface area contributed by atoms with Crippen LogP contribution in [0.3, 0.4) is 0 Å². The number of aryl methyl sites for hydroxylation is 1. The van der Waals surface area contributed by atoms with E-state index in [0.29, 0.717) is 41.0 Å². The van der Waals surface area contributed by atoms with E-state index in [2.05, 4.69) is 20.3 Å². The first kappa shape index (κ1) is 17.4. The monoisotopic (exact) mass is 362 g/mol. The number of nitrogens with one attached hydrogen (secondary N) is 1. The number of carboxylic acids is 1. The van der Waals surface area contributed by atoms with E-state index in [4.69, 9.17) is 4.74 Å². The lowest BCUT2D eigenvalue weighted by atomic mass is 9.93. The van der Waals surface area contributed by atoms with Gasteiger partial charge in [-0.05, 0) is 25.8 Å². The van der Waals surface area contributed by atoms with Crippen LogP contribution < -0.4 is 5.32 Å². The van der Waals surface area contributed by atoms with E-state index in [1.54, 1.807) is 25.4 Å². The van der Waals surface area contributed by atoms with Gasteiger partial charge in [-0.3, -0.25) is 4.79 Å². The molecule has 3 heterocycles. The number of ether oxygens (including phenoxy) is 1. The molecule has 1 saturated heterocycles. The van der Waals surface area contributed by atoms with Gasteiger partial charge in [-0.1, -0.05) is 0 Å². The number of carbonyl (C=O) groups is 2. The highest BCUT2D eigenvalue weighted by molar-refractivity contribution is 7.17. The fraction of sp³-hybridized carbons (Fsp3) is 0.438. The molecular formula is C16H18N4O4S. The fourth-order valence-corrected chi connectivity index (χ4v) is 3.65. The molecule has 0 bridgehead atoms. The summed E-state index contributed by atoms with van der Waals surface area (Å²) in [5.41, 5.74) is 0.522. The molecule has 25 heavy (non-hydrogen) atoms. The maximum absolute atomic E-state index is 12.6. The molecule has 1 amide bonds. The lowest BCUT2D eigenvalue weighted by Crippen LogP contribution is -2.48. The van der Waals surface area contributed by atoms with Gasteiger partial charge in [0.05, 0.1) is 12.3 Å². The first-order valence-electron chi connectivity index (χ1n) is 7.92. The molecule has 3 rings (SSSR count). The summed E-state index contributed by atoms with van der Waals surface area (Å²) in [6, 6.07) is 0.715. The molecule has 8 nitrogen and oxygen atoms in total. The first-order chi connectivity index (χ1) is 12.1. The summed E-state index contributed by atoms with van der Waals surface area (Å²) >= 11 is 1.15. The minimum absolute atomic E-state index is 0.236. The largest absolute Gasteiger partial charge is 0.480 e. The maximum Gasteiger partial charge on any atom is 0.326 e. The molecule has 1 fully saturated rings. The molecule has 2 aromatic rings. The van der Waals surface area contributed by atoms with Gasteiger partial charge in [0.2, 0.25) is 0 Å². The van der Waals surface area contributed by atoms with Crippen LogP contribution in [0, 0.1) is 12.8 Å². The molecule has 0 radical (unpaired) electrons. The third kappa shape index (κ3) is 3.99. The molecular weight excluding hydrogens is 344 g/mol. The van der Waals surface area contributed by atoms with Crippen LogP contribution in [0.2, 0.25) is 0 Å². The van der Waals surface area contributed by atoms with Crippen LogP contribution in [0.15, 0.2) is 18.5 Å². The summed E-state index contributed by atoms with van der Waals surface area (Å²) in [5, 5.41) is 12.6. The Morgan fingerprint density at radius 1 is 1.40 bits per heavy atom.